The first-order chi connectivity index (χ1) is 9.88. The number of nitrogens with zero attached hydrogens (tertiary/aromatic N) is 3. The fraction of sp³-hybridized carbons (Fsp3) is 0.214. The average molecular weight is 326 g/mol. The quantitative estimate of drug-likeness (QED) is 0.842. The van der Waals surface area contributed by atoms with E-state index in [0.29, 0.717) is 15.7 Å². The van der Waals surface area contributed by atoms with Crippen molar-refractivity contribution in [1.29, 1.82) is 0 Å². The van der Waals surface area contributed by atoms with Gasteiger partial charge in [0, 0.05) is 35.8 Å². The third kappa shape index (κ3) is 3.62. The van der Waals surface area contributed by atoms with Gasteiger partial charge in [-0.25, -0.2) is 4.79 Å². The van der Waals surface area contributed by atoms with Gasteiger partial charge >= 0.3 is 6.09 Å². The van der Waals surface area contributed by atoms with Crippen LogP contribution in [0.5, 0.6) is 5.88 Å². The predicted molar refractivity (Wildman–Crippen MR) is 81.9 cm³/mol. The molecule has 0 unspecified atom stereocenters. The van der Waals surface area contributed by atoms with Gasteiger partial charge in [0.25, 0.3) is 0 Å². The molecule has 110 valence electrons. The minimum Gasteiger partial charge on any atom is -0.389 e. The van der Waals surface area contributed by atoms with Gasteiger partial charge in [-0.05, 0) is 30.7 Å². The molecule has 0 fully saturated rings. The Labute approximate surface area is 132 Å². The van der Waals surface area contributed by atoms with Crippen molar-refractivity contribution in [1.82, 2.24) is 15.1 Å². The van der Waals surface area contributed by atoms with Gasteiger partial charge in [0.1, 0.15) is 0 Å². The maximum atomic E-state index is 11.4. The van der Waals surface area contributed by atoms with Gasteiger partial charge in [-0.15, -0.1) is 10.2 Å². The molecule has 1 aromatic carbocycles. The van der Waals surface area contributed by atoms with Crippen molar-refractivity contribution in [3.8, 4) is 17.1 Å². The highest BCUT2D eigenvalue weighted by Gasteiger charge is 2.10. The molecule has 2 aromatic rings. The van der Waals surface area contributed by atoms with E-state index >= 15 is 0 Å². The number of benzene rings is 1. The van der Waals surface area contributed by atoms with Crippen LogP contribution in [-0.4, -0.2) is 35.3 Å². The summed E-state index contributed by atoms with van der Waals surface area (Å²) in [6.45, 7) is 1.84. The summed E-state index contributed by atoms with van der Waals surface area (Å²) in [5, 5.41) is 8.98. The number of rotatable bonds is 2. The van der Waals surface area contributed by atoms with Gasteiger partial charge in [-0.1, -0.05) is 23.2 Å². The highest BCUT2D eigenvalue weighted by Crippen LogP contribution is 2.30. The van der Waals surface area contributed by atoms with E-state index < -0.39 is 6.09 Å². The fourth-order valence-corrected chi connectivity index (χ4v) is 1.99. The smallest absolute Gasteiger partial charge is 0.389 e. The van der Waals surface area contributed by atoms with E-state index in [-0.39, 0.29) is 5.88 Å². The predicted octanol–water partition coefficient (Wildman–Crippen LogP) is 3.82. The van der Waals surface area contributed by atoms with Crippen LogP contribution >= 0.6 is 23.2 Å². The van der Waals surface area contributed by atoms with E-state index in [2.05, 4.69) is 10.2 Å². The zero-order valence-electron chi connectivity index (χ0n) is 11.7. The Morgan fingerprint density at radius 1 is 1.14 bits per heavy atom. The van der Waals surface area contributed by atoms with Crippen LogP contribution in [0.25, 0.3) is 11.3 Å². The molecular formula is C14H13Cl2N3O2. The van der Waals surface area contributed by atoms with Crippen molar-refractivity contribution in [2.75, 3.05) is 14.1 Å². The topological polar surface area (TPSA) is 55.3 Å². The molecule has 0 saturated heterocycles. The molecule has 2 rings (SSSR count). The maximum Gasteiger partial charge on any atom is 0.416 e. The van der Waals surface area contributed by atoms with Gasteiger partial charge in [-0.2, -0.15) is 0 Å². The molecule has 1 aromatic heterocycles. The van der Waals surface area contributed by atoms with Crippen LogP contribution in [0.1, 0.15) is 5.56 Å². The maximum absolute atomic E-state index is 11.4. The average Bonchev–Trinajstić information content (AvgIpc) is 2.45. The van der Waals surface area contributed by atoms with Crippen molar-refractivity contribution in [3.63, 3.8) is 0 Å². The van der Waals surface area contributed by atoms with Gasteiger partial charge < -0.3 is 9.64 Å². The number of ether oxygens (including phenoxy) is 1. The fourth-order valence-electron chi connectivity index (χ4n) is 1.50. The number of amides is 1. The number of hydrogen-bond donors (Lipinski definition) is 0. The first kappa shape index (κ1) is 15.5. The van der Waals surface area contributed by atoms with Crippen LogP contribution in [0.3, 0.4) is 0 Å². The monoisotopic (exact) mass is 325 g/mol. The zero-order chi connectivity index (χ0) is 15.6. The summed E-state index contributed by atoms with van der Waals surface area (Å²) in [4.78, 5) is 12.7. The first-order valence-electron chi connectivity index (χ1n) is 6.07. The first-order valence-corrected chi connectivity index (χ1v) is 6.83. The van der Waals surface area contributed by atoms with Gasteiger partial charge in [0.05, 0.1) is 5.69 Å². The molecule has 21 heavy (non-hydrogen) atoms. The van der Waals surface area contributed by atoms with Crippen LogP contribution in [0.4, 0.5) is 4.79 Å². The van der Waals surface area contributed by atoms with Crippen molar-refractivity contribution in [2.24, 2.45) is 0 Å². The molecular weight excluding hydrogens is 313 g/mol. The molecule has 7 heteroatoms. The summed E-state index contributed by atoms with van der Waals surface area (Å²) in [6, 6.07) is 6.77. The molecule has 5 nitrogen and oxygen atoms in total. The SMILES string of the molecule is Cc1c(Cl)cc(-c2ccc(OC(=O)N(C)C)nn2)cc1Cl. The summed E-state index contributed by atoms with van der Waals surface area (Å²) in [5.74, 6) is 0.127. The number of carbonyl (C=O) groups is 1. The van der Waals surface area contributed by atoms with Crippen LogP contribution in [-0.2, 0) is 0 Å². The van der Waals surface area contributed by atoms with Gasteiger partial charge in [0.15, 0.2) is 0 Å². The molecule has 0 saturated carbocycles. The minimum atomic E-state index is -0.515. The molecule has 1 heterocycles. The second kappa shape index (κ2) is 6.28. The Hall–Kier alpha value is -1.85. The summed E-state index contributed by atoms with van der Waals surface area (Å²) in [7, 11) is 3.17. The van der Waals surface area contributed by atoms with E-state index in [1.165, 1.54) is 4.90 Å². The molecule has 0 aliphatic rings. The Morgan fingerprint density at radius 3 is 2.24 bits per heavy atom. The Balaban J connectivity index is 2.25. The zero-order valence-corrected chi connectivity index (χ0v) is 13.2. The van der Waals surface area contributed by atoms with Gasteiger partial charge in [0.2, 0.25) is 5.88 Å². The normalized spacial score (nSPS) is 10.3. The van der Waals surface area contributed by atoms with Crippen LogP contribution in [0.2, 0.25) is 10.0 Å². The minimum absolute atomic E-state index is 0.127. The van der Waals surface area contributed by atoms with Crippen molar-refractivity contribution in [3.05, 3.63) is 39.9 Å². The molecule has 0 radical (unpaired) electrons. The second-order valence-corrected chi connectivity index (χ2v) is 5.40. The molecule has 0 bridgehead atoms. The van der Waals surface area contributed by atoms with Crippen LogP contribution in [0, 0.1) is 6.92 Å². The third-order valence-electron chi connectivity index (χ3n) is 2.77. The highest BCUT2D eigenvalue weighted by atomic mass is 35.5. The van der Waals surface area contributed by atoms with Crippen LogP contribution in [0.15, 0.2) is 24.3 Å². The van der Waals surface area contributed by atoms with Crippen molar-refractivity contribution < 1.29 is 9.53 Å². The summed E-state index contributed by atoms with van der Waals surface area (Å²) in [6.07, 6.45) is -0.515. The second-order valence-electron chi connectivity index (χ2n) is 4.58. The Bertz CT molecular complexity index is 649. The summed E-state index contributed by atoms with van der Waals surface area (Å²) >= 11 is 12.2. The lowest BCUT2D eigenvalue weighted by atomic mass is 10.1. The van der Waals surface area contributed by atoms with E-state index in [0.717, 1.165) is 11.1 Å². The lowest BCUT2D eigenvalue weighted by molar-refractivity contribution is 0.169. The number of aromatic nitrogens is 2. The number of halogens is 2. The summed E-state index contributed by atoms with van der Waals surface area (Å²) < 4.78 is 4.99. The van der Waals surface area contributed by atoms with Crippen molar-refractivity contribution >= 4 is 29.3 Å². The standard InChI is InChI=1S/C14H13Cl2N3O2/c1-8-10(15)6-9(7-11(8)16)12-4-5-13(18-17-12)21-14(20)19(2)3/h4-7H,1-3H3. The molecule has 0 aliphatic heterocycles. The van der Waals surface area contributed by atoms with Gasteiger partial charge in [-0.3, -0.25) is 0 Å². The van der Waals surface area contributed by atoms with E-state index in [1.54, 1.807) is 38.4 Å². The summed E-state index contributed by atoms with van der Waals surface area (Å²) in [5.41, 5.74) is 2.14. The van der Waals surface area contributed by atoms with E-state index in [1.807, 2.05) is 6.92 Å². The van der Waals surface area contributed by atoms with Crippen molar-refractivity contribution in [2.45, 2.75) is 6.92 Å². The number of hydrogen-bond acceptors (Lipinski definition) is 4. The molecule has 0 spiro atoms. The van der Waals surface area contributed by atoms with Crippen LogP contribution < -0.4 is 4.74 Å². The largest absolute Gasteiger partial charge is 0.416 e. The van der Waals surface area contributed by atoms with E-state index in [9.17, 15) is 4.79 Å². The lowest BCUT2D eigenvalue weighted by Crippen LogP contribution is -2.25. The Kier molecular flexibility index (Phi) is 4.65. The molecule has 1 amide bonds. The third-order valence-corrected chi connectivity index (χ3v) is 3.56. The molecule has 0 atom stereocenters. The molecule has 0 N–H and O–H groups in total. The Morgan fingerprint density at radius 2 is 1.76 bits per heavy atom. The number of carbonyl (C=O) groups excluding carboxylic acids is 1. The highest BCUT2D eigenvalue weighted by molar-refractivity contribution is 6.36. The molecule has 0 aliphatic carbocycles. The lowest BCUT2D eigenvalue weighted by Gasteiger charge is -2.10. The van der Waals surface area contributed by atoms with E-state index in [4.69, 9.17) is 27.9 Å².